The second-order valence-electron chi connectivity index (χ2n) is 5.92. The third kappa shape index (κ3) is 4.80. The molecule has 0 radical (unpaired) electrons. The summed E-state index contributed by atoms with van der Waals surface area (Å²) in [6.07, 6.45) is 3.38. The van der Waals surface area contributed by atoms with Crippen LogP contribution in [0.5, 0.6) is 0 Å². The van der Waals surface area contributed by atoms with E-state index in [1.165, 1.54) is 18.5 Å². The van der Waals surface area contributed by atoms with Crippen LogP contribution in [-0.4, -0.2) is 22.4 Å². The third-order valence-electron chi connectivity index (χ3n) is 4.06. The van der Waals surface area contributed by atoms with E-state index in [2.05, 4.69) is 20.6 Å². The molecular weight excluding hydrogens is 367 g/mol. The summed E-state index contributed by atoms with van der Waals surface area (Å²) in [6, 6.07) is 11.9. The number of anilines is 2. The van der Waals surface area contributed by atoms with Crippen molar-refractivity contribution in [1.82, 2.24) is 9.97 Å². The van der Waals surface area contributed by atoms with Crippen LogP contribution in [-0.2, 0) is 6.42 Å². The summed E-state index contributed by atoms with van der Waals surface area (Å²) in [5, 5.41) is 6.41. The Bertz CT molecular complexity index is 947. The first-order valence-electron chi connectivity index (χ1n) is 8.40. The quantitative estimate of drug-likeness (QED) is 0.657. The first kappa shape index (κ1) is 18.8. The molecule has 2 aromatic carbocycles. The maximum Gasteiger partial charge on any atom is 0.275 e. The summed E-state index contributed by atoms with van der Waals surface area (Å²) in [5.74, 6) is -0.0821. The number of carbonyl (C=O) groups excluding carboxylic acids is 1. The zero-order chi connectivity index (χ0) is 19.2. The average molecular weight is 385 g/mol. The van der Waals surface area contributed by atoms with Crippen molar-refractivity contribution in [3.8, 4) is 0 Å². The smallest absolute Gasteiger partial charge is 0.275 e. The normalized spacial score (nSPS) is 10.5. The Hall–Kier alpha value is -2.99. The molecule has 0 aliphatic heterocycles. The van der Waals surface area contributed by atoms with Gasteiger partial charge < -0.3 is 10.6 Å². The van der Waals surface area contributed by atoms with E-state index in [9.17, 15) is 9.18 Å². The lowest BCUT2D eigenvalue weighted by molar-refractivity contribution is 0.102. The van der Waals surface area contributed by atoms with Gasteiger partial charge in [-0.25, -0.2) is 14.4 Å². The number of nitrogens with one attached hydrogen (secondary N) is 2. The van der Waals surface area contributed by atoms with Gasteiger partial charge in [-0.1, -0.05) is 35.9 Å². The number of benzene rings is 2. The molecule has 0 aliphatic carbocycles. The lowest BCUT2D eigenvalue weighted by Gasteiger charge is -2.09. The minimum absolute atomic E-state index is 0.189. The van der Waals surface area contributed by atoms with Gasteiger partial charge in [0.1, 0.15) is 17.3 Å². The first-order chi connectivity index (χ1) is 13.0. The highest BCUT2D eigenvalue weighted by Gasteiger charge is 2.11. The summed E-state index contributed by atoms with van der Waals surface area (Å²) in [6.45, 7) is 2.33. The molecule has 0 saturated heterocycles. The van der Waals surface area contributed by atoms with Gasteiger partial charge in [-0.05, 0) is 42.7 Å². The number of halogens is 2. The SMILES string of the molecule is Cc1c(Cl)cccc1NC(=O)c1cnc(NCCc2ccccc2F)cn1. The van der Waals surface area contributed by atoms with Crippen LogP contribution in [0.3, 0.4) is 0 Å². The second kappa shape index (κ2) is 8.60. The van der Waals surface area contributed by atoms with Gasteiger partial charge in [0.05, 0.1) is 12.4 Å². The first-order valence-corrected chi connectivity index (χ1v) is 8.78. The van der Waals surface area contributed by atoms with E-state index in [1.54, 1.807) is 36.4 Å². The molecule has 1 amide bonds. The van der Waals surface area contributed by atoms with Crippen molar-refractivity contribution < 1.29 is 9.18 Å². The average Bonchev–Trinajstić information content (AvgIpc) is 2.67. The number of rotatable bonds is 6. The zero-order valence-electron chi connectivity index (χ0n) is 14.7. The van der Waals surface area contributed by atoms with Gasteiger partial charge >= 0.3 is 0 Å². The molecular formula is C20H18ClFN4O. The fourth-order valence-electron chi connectivity index (χ4n) is 2.49. The predicted molar refractivity (Wildman–Crippen MR) is 105 cm³/mol. The molecule has 0 unspecified atom stereocenters. The topological polar surface area (TPSA) is 66.9 Å². The van der Waals surface area contributed by atoms with Gasteiger partial charge in [-0.2, -0.15) is 0 Å². The highest BCUT2D eigenvalue weighted by atomic mass is 35.5. The van der Waals surface area contributed by atoms with Gasteiger partial charge in [0.25, 0.3) is 5.91 Å². The van der Waals surface area contributed by atoms with Crippen molar-refractivity contribution in [3.05, 3.63) is 82.5 Å². The molecule has 0 bridgehead atoms. The van der Waals surface area contributed by atoms with E-state index in [0.29, 0.717) is 35.1 Å². The summed E-state index contributed by atoms with van der Waals surface area (Å²) in [7, 11) is 0. The summed E-state index contributed by atoms with van der Waals surface area (Å²) >= 11 is 6.06. The van der Waals surface area contributed by atoms with E-state index >= 15 is 0 Å². The maximum absolute atomic E-state index is 13.6. The molecule has 0 aliphatic rings. The molecule has 0 atom stereocenters. The molecule has 3 aromatic rings. The van der Waals surface area contributed by atoms with Crippen LogP contribution in [0.25, 0.3) is 0 Å². The highest BCUT2D eigenvalue weighted by Crippen LogP contribution is 2.23. The summed E-state index contributed by atoms with van der Waals surface area (Å²) < 4.78 is 13.6. The van der Waals surface area contributed by atoms with Crippen LogP contribution in [0.4, 0.5) is 15.9 Å². The molecule has 1 heterocycles. The number of hydrogen-bond donors (Lipinski definition) is 2. The van der Waals surface area contributed by atoms with Crippen LogP contribution >= 0.6 is 11.6 Å². The van der Waals surface area contributed by atoms with Crippen LogP contribution < -0.4 is 10.6 Å². The predicted octanol–water partition coefficient (Wildman–Crippen LogP) is 4.48. The minimum atomic E-state index is -0.370. The van der Waals surface area contributed by atoms with E-state index in [0.717, 1.165) is 5.56 Å². The molecule has 0 saturated carbocycles. The Labute approximate surface area is 161 Å². The van der Waals surface area contributed by atoms with Gasteiger partial charge in [0, 0.05) is 17.3 Å². The third-order valence-corrected chi connectivity index (χ3v) is 4.47. The summed E-state index contributed by atoms with van der Waals surface area (Å²) in [4.78, 5) is 20.6. The van der Waals surface area contributed by atoms with Crippen LogP contribution in [0.1, 0.15) is 21.6 Å². The Balaban J connectivity index is 1.57. The Morgan fingerprint density at radius 2 is 1.93 bits per heavy atom. The van der Waals surface area contributed by atoms with Crippen molar-refractivity contribution >= 4 is 29.0 Å². The maximum atomic E-state index is 13.6. The van der Waals surface area contributed by atoms with Gasteiger partial charge in [0.15, 0.2) is 0 Å². The van der Waals surface area contributed by atoms with Crippen LogP contribution in [0.15, 0.2) is 54.9 Å². The fraction of sp³-hybridized carbons (Fsp3) is 0.150. The lowest BCUT2D eigenvalue weighted by atomic mass is 10.1. The second-order valence-corrected chi connectivity index (χ2v) is 6.33. The number of nitrogens with zero attached hydrogens (tertiary/aromatic N) is 2. The monoisotopic (exact) mass is 384 g/mol. The minimum Gasteiger partial charge on any atom is -0.368 e. The largest absolute Gasteiger partial charge is 0.368 e. The molecule has 1 aromatic heterocycles. The van der Waals surface area contributed by atoms with Gasteiger partial charge in [-0.15, -0.1) is 0 Å². The van der Waals surface area contributed by atoms with Gasteiger partial charge in [0.2, 0.25) is 0 Å². The van der Waals surface area contributed by atoms with Crippen molar-refractivity contribution in [3.63, 3.8) is 0 Å². The van der Waals surface area contributed by atoms with Crippen molar-refractivity contribution in [1.29, 1.82) is 0 Å². The number of hydrogen-bond acceptors (Lipinski definition) is 4. The van der Waals surface area contributed by atoms with Crippen molar-refractivity contribution in [2.45, 2.75) is 13.3 Å². The molecule has 138 valence electrons. The highest BCUT2D eigenvalue weighted by molar-refractivity contribution is 6.31. The summed E-state index contributed by atoms with van der Waals surface area (Å²) in [5.41, 5.74) is 2.23. The molecule has 27 heavy (non-hydrogen) atoms. The Morgan fingerprint density at radius 1 is 1.11 bits per heavy atom. The van der Waals surface area contributed by atoms with Crippen LogP contribution in [0.2, 0.25) is 5.02 Å². The van der Waals surface area contributed by atoms with E-state index in [-0.39, 0.29) is 17.4 Å². The van der Waals surface area contributed by atoms with Crippen molar-refractivity contribution in [2.24, 2.45) is 0 Å². The van der Waals surface area contributed by atoms with E-state index in [1.807, 2.05) is 6.92 Å². The van der Waals surface area contributed by atoms with E-state index in [4.69, 9.17) is 11.6 Å². The van der Waals surface area contributed by atoms with Crippen molar-refractivity contribution in [2.75, 3.05) is 17.2 Å². The van der Waals surface area contributed by atoms with E-state index < -0.39 is 0 Å². The number of aromatic nitrogens is 2. The molecule has 0 spiro atoms. The standard InChI is InChI=1S/C20H18ClFN4O/c1-13-15(21)6-4-8-17(13)26-20(27)18-11-25-19(12-24-18)23-10-9-14-5-2-3-7-16(14)22/h2-8,11-12H,9-10H2,1H3,(H,23,25)(H,26,27). The van der Waals surface area contributed by atoms with Crippen LogP contribution in [0, 0.1) is 12.7 Å². The zero-order valence-corrected chi connectivity index (χ0v) is 15.4. The molecule has 5 nitrogen and oxygen atoms in total. The fourth-order valence-corrected chi connectivity index (χ4v) is 2.67. The number of amides is 1. The Morgan fingerprint density at radius 3 is 2.67 bits per heavy atom. The number of carbonyl (C=O) groups is 1. The molecule has 2 N–H and O–H groups in total. The Kier molecular flexibility index (Phi) is 5.98. The molecule has 3 rings (SSSR count). The lowest BCUT2D eigenvalue weighted by Crippen LogP contribution is -2.15. The molecule has 0 fully saturated rings. The van der Waals surface area contributed by atoms with Gasteiger partial charge in [-0.3, -0.25) is 4.79 Å². The molecule has 7 heteroatoms.